The number of nitrogens with zero attached hydrogens (tertiary/aromatic N) is 4. The molecule has 4 rings (SSSR count). The number of benzene rings is 1. The number of unbranched alkanes of at least 4 members (excludes halogenated alkanes) is 2. The average Bonchev–Trinajstić information content (AvgIpc) is 3.65. The largest absolute Gasteiger partial charge is 0.359 e. The molecule has 9 nitrogen and oxygen atoms in total. The lowest BCUT2D eigenvalue weighted by Gasteiger charge is -2.16. The molecule has 182 valence electrons. The van der Waals surface area contributed by atoms with E-state index >= 15 is 0 Å². The molecule has 3 heterocycles. The summed E-state index contributed by atoms with van der Waals surface area (Å²) in [7, 11) is 3.57. The van der Waals surface area contributed by atoms with E-state index in [0.717, 1.165) is 41.8 Å². The molecule has 0 radical (unpaired) electrons. The predicted molar refractivity (Wildman–Crippen MR) is 136 cm³/mol. The number of aromatic nitrogens is 5. The Morgan fingerprint density at radius 2 is 1.89 bits per heavy atom. The van der Waals surface area contributed by atoms with Gasteiger partial charge in [-0.05, 0) is 30.0 Å². The van der Waals surface area contributed by atoms with Gasteiger partial charge in [-0.25, -0.2) is 4.98 Å². The standard InChI is InChI=1S/C25H29N7O2S/c1-26-23(33)7-5-3-4-6-19(31-25(34)22-15-27-16-35-22)24-28-14-20(30-24)17-8-10-18(11-9-17)21-12-13-29-32(21)2/h8-16,19H,3-7H2,1-2H3,(H,26,33)(H,28,30)(H,31,34)/t19-/m0/s1. The summed E-state index contributed by atoms with van der Waals surface area (Å²) in [4.78, 5) is 36.7. The Morgan fingerprint density at radius 1 is 1.09 bits per heavy atom. The third-order valence-electron chi connectivity index (χ3n) is 5.88. The summed E-state index contributed by atoms with van der Waals surface area (Å²) in [6, 6.07) is 9.91. The summed E-state index contributed by atoms with van der Waals surface area (Å²) in [5.74, 6) is 0.589. The van der Waals surface area contributed by atoms with Crippen LogP contribution in [0.1, 0.15) is 53.6 Å². The number of carbonyl (C=O) groups excluding carboxylic acids is 2. The highest BCUT2D eigenvalue weighted by Crippen LogP contribution is 2.26. The Balaban J connectivity index is 1.45. The molecule has 10 heteroatoms. The predicted octanol–water partition coefficient (Wildman–Crippen LogP) is 4.10. The summed E-state index contributed by atoms with van der Waals surface area (Å²) >= 11 is 1.30. The van der Waals surface area contributed by atoms with E-state index in [2.05, 4.69) is 42.8 Å². The first-order chi connectivity index (χ1) is 17.0. The Bertz CT molecular complexity index is 1250. The van der Waals surface area contributed by atoms with Crippen molar-refractivity contribution < 1.29 is 9.59 Å². The molecule has 0 unspecified atom stereocenters. The van der Waals surface area contributed by atoms with Crippen LogP contribution in [0.3, 0.4) is 0 Å². The van der Waals surface area contributed by atoms with Gasteiger partial charge < -0.3 is 15.6 Å². The van der Waals surface area contributed by atoms with Gasteiger partial charge in [-0.15, -0.1) is 11.3 Å². The molecule has 1 atom stereocenters. The van der Waals surface area contributed by atoms with Gasteiger partial charge in [-0.2, -0.15) is 5.10 Å². The van der Waals surface area contributed by atoms with Crippen LogP contribution in [0, 0.1) is 0 Å². The van der Waals surface area contributed by atoms with E-state index in [9.17, 15) is 9.59 Å². The van der Waals surface area contributed by atoms with E-state index < -0.39 is 0 Å². The Morgan fingerprint density at radius 3 is 2.57 bits per heavy atom. The fourth-order valence-electron chi connectivity index (χ4n) is 3.91. The Hall–Kier alpha value is -3.79. The van der Waals surface area contributed by atoms with Crippen LogP contribution in [0.5, 0.6) is 0 Å². The average molecular weight is 492 g/mol. The number of aryl methyl sites for hydroxylation is 1. The van der Waals surface area contributed by atoms with Crippen LogP contribution in [-0.2, 0) is 11.8 Å². The molecular weight excluding hydrogens is 462 g/mol. The molecule has 35 heavy (non-hydrogen) atoms. The van der Waals surface area contributed by atoms with E-state index in [-0.39, 0.29) is 17.9 Å². The molecule has 2 amide bonds. The maximum absolute atomic E-state index is 12.7. The maximum atomic E-state index is 12.7. The number of rotatable bonds is 11. The molecule has 0 aliphatic rings. The number of imidazole rings is 1. The number of aromatic amines is 1. The van der Waals surface area contributed by atoms with Crippen molar-refractivity contribution in [1.82, 2.24) is 35.4 Å². The van der Waals surface area contributed by atoms with Gasteiger partial charge in [-0.1, -0.05) is 37.1 Å². The molecule has 0 saturated heterocycles. The van der Waals surface area contributed by atoms with Gasteiger partial charge in [0.2, 0.25) is 5.91 Å². The number of nitrogens with one attached hydrogen (secondary N) is 3. The summed E-state index contributed by atoms with van der Waals surface area (Å²) in [5.41, 5.74) is 5.66. The monoisotopic (exact) mass is 491 g/mol. The quantitative estimate of drug-likeness (QED) is 0.273. The molecular formula is C25H29N7O2S. The van der Waals surface area contributed by atoms with Gasteiger partial charge >= 0.3 is 0 Å². The van der Waals surface area contributed by atoms with Gasteiger partial charge in [0.25, 0.3) is 5.91 Å². The maximum Gasteiger partial charge on any atom is 0.263 e. The lowest BCUT2D eigenvalue weighted by molar-refractivity contribution is -0.120. The molecule has 0 aliphatic carbocycles. The van der Waals surface area contributed by atoms with Crippen LogP contribution in [0.2, 0.25) is 0 Å². The van der Waals surface area contributed by atoms with Crippen molar-refractivity contribution in [2.45, 2.75) is 38.1 Å². The van der Waals surface area contributed by atoms with Crippen LogP contribution in [0.15, 0.2) is 54.4 Å². The van der Waals surface area contributed by atoms with Crippen LogP contribution < -0.4 is 10.6 Å². The lowest BCUT2D eigenvalue weighted by atomic mass is 10.1. The van der Waals surface area contributed by atoms with E-state index in [1.165, 1.54) is 11.3 Å². The SMILES string of the molecule is CNC(=O)CCCCC[C@H](NC(=O)c1cncs1)c1ncc(-c2ccc(-c3ccnn3C)cc2)[nH]1. The molecule has 3 N–H and O–H groups in total. The molecule has 0 saturated carbocycles. The lowest BCUT2D eigenvalue weighted by Crippen LogP contribution is -2.28. The minimum absolute atomic E-state index is 0.0464. The van der Waals surface area contributed by atoms with Gasteiger partial charge in [0, 0.05) is 26.7 Å². The van der Waals surface area contributed by atoms with Crippen molar-refractivity contribution in [2.24, 2.45) is 7.05 Å². The smallest absolute Gasteiger partial charge is 0.263 e. The number of hydrogen-bond acceptors (Lipinski definition) is 6. The molecule has 1 aromatic carbocycles. The van der Waals surface area contributed by atoms with E-state index in [1.54, 1.807) is 31.1 Å². The molecule has 4 aromatic rings. The summed E-state index contributed by atoms with van der Waals surface area (Å²) < 4.78 is 1.84. The third-order valence-corrected chi connectivity index (χ3v) is 6.65. The summed E-state index contributed by atoms with van der Waals surface area (Å²) in [6.07, 6.45) is 8.93. The third kappa shape index (κ3) is 6.21. The summed E-state index contributed by atoms with van der Waals surface area (Å²) in [6.45, 7) is 0. The van der Waals surface area contributed by atoms with Gasteiger partial charge in [0.05, 0.1) is 35.3 Å². The normalized spacial score (nSPS) is 11.8. The molecule has 0 aliphatic heterocycles. The zero-order valence-corrected chi connectivity index (χ0v) is 20.6. The number of carbonyl (C=O) groups is 2. The second-order valence-electron chi connectivity index (χ2n) is 8.26. The first-order valence-corrected chi connectivity index (χ1v) is 12.5. The van der Waals surface area contributed by atoms with Gasteiger partial charge in [0.1, 0.15) is 10.7 Å². The van der Waals surface area contributed by atoms with Gasteiger partial charge in [0.15, 0.2) is 0 Å². The molecule has 3 aromatic heterocycles. The molecule has 0 spiro atoms. The number of thiazole rings is 1. The highest BCUT2D eigenvalue weighted by Gasteiger charge is 2.20. The molecule has 0 bridgehead atoms. The second kappa shape index (κ2) is 11.6. The Labute approximate surface area is 208 Å². The number of H-pyrrole nitrogens is 1. The second-order valence-corrected chi connectivity index (χ2v) is 9.15. The van der Waals surface area contributed by atoms with Crippen LogP contribution >= 0.6 is 11.3 Å². The van der Waals surface area contributed by atoms with E-state index in [4.69, 9.17) is 0 Å². The number of hydrogen-bond donors (Lipinski definition) is 3. The highest BCUT2D eigenvalue weighted by molar-refractivity contribution is 7.11. The van der Waals surface area contributed by atoms with Crippen LogP contribution in [0.25, 0.3) is 22.5 Å². The van der Waals surface area contributed by atoms with E-state index in [1.807, 2.05) is 29.9 Å². The van der Waals surface area contributed by atoms with Crippen molar-refractivity contribution in [3.8, 4) is 22.5 Å². The fourth-order valence-corrected chi connectivity index (χ4v) is 4.43. The summed E-state index contributed by atoms with van der Waals surface area (Å²) in [5, 5.41) is 9.97. The highest BCUT2D eigenvalue weighted by atomic mass is 32.1. The van der Waals surface area contributed by atoms with Crippen molar-refractivity contribution in [2.75, 3.05) is 7.05 Å². The van der Waals surface area contributed by atoms with Gasteiger partial charge in [-0.3, -0.25) is 19.3 Å². The van der Waals surface area contributed by atoms with Crippen LogP contribution in [0.4, 0.5) is 0 Å². The van der Waals surface area contributed by atoms with Crippen molar-refractivity contribution in [3.63, 3.8) is 0 Å². The minimum Gasteiger partial charge on any atom is -0.359 e. The van der Waals surface area contributed by atoms with Crippen molar-refractivity contribution in [3.05, 3.63) is 65.1 Å². The molecule has 0 fully saturated rings. The number of amides is 2. The minimum atomic E-state index is -0.271. The first-order valence-electron chi connectivity index (χ1n) is 11.6. The van der Waals surface area contributed by atoms with Crippen molar-refractivity contribution in [1.29, 1.82) is 0 Å². The first kappa shape index (κ1) is 24.3. The van der Waals surface area contributed by atoms with Crippen LogP contribution in [-0.4, -0.2) is 43.6 Å². The van der Waals surface area contributed by atoms with Crippen molar-refractivity contribution >= 4 is 23.2 Å². The van der Waals surface area contributed by atoms with E-state index in [0.29, 0.717) is 23.5 Å². The topological polar surface area (TPSA) is 118 Å². The zero-order valence-electron chi connectivity index (χ0n) is 19.8. The fraction of sp³-hybridized carbons (Fsp3) is 0.320. The Kier molecular flexibility index (Phi) is 8.04. The zero-order chi connectivity index (χ0) is 24.6.